The van der Waals surface area contributed by atoms with Gasteiger partial charge in [-0.2, -0.15) is 10.2 Å². The summed E-state index contributed by atoms with van der Waals surface area (Å²) in [7, 11) is 0. The lowest BCUT2D eigenvalue weighted by molar-refractivity contribution is 0.102. The SMILES string of the molecule is Cc1nn(Cc2ccc(F)cc2)c(Cl)c1C(=O)Nc1ccn(Cc2ccncc2)n1. The molecule has 1 aromatic carbocycles. The van der Waals surface area contributed by atoms with E-state index in [0.29, 0.717) is 24.6 Å². The number of hydrogen-bond acceptors (Lipinski definition) is 4. The molecule has 0 saturated heterocycles. The van der Waals surface area contributed by atoms with Gasteiger partial charge in [-0.05, 0) is 42.3 Å². The van der Waals surface area contributed by atoms with Crippen molar-refractivity contribution in [2.24, 2.45) is 0 Å². The molecule has 0 spiro atoms. The van der Waals surface area contributed by atoms with E-state index >= 15 is 0 Å². The Hall–Kier alpha value is -3.52. The molecule has 1 N–H and O–H groups in total. The van der Waals surface area contributed by atoms with Gasteiger partial charge >= 0.3 is 0 Å². The van der Waals surface area contributed by atoms with Crippen molar-refractivity contribution in [2.45, 2.75) is 20.0 Å². The predicted molar refractivity (Wildman–Crippen MR) is 111 cm³/mol. The Morgan fingerprint density at radius 3 is 2.47 bits per heavy atom. The minimum Gasteiger partial charge on any atom is -0.305 e. The van der Waals surface area contributed by atoms with E-state index in [1.165, 1.54) is 16.8 Å². The first kappa shape index (κ1) is 19.8. The third-order valence-corrected chi connectivity index (χ3v) is 4.90. The molecule has 4 rings (SSSR count). The fourth-order valence-electron chi connectivity index (χ4n) is 3.05. The number of carbonyl (C=O) groups excluding carboxylic acids is 1. The second-order valence-corrected chi connectivity index (χ2v) is 7.10. The van der Waals surface area contributed by atoms with Gasteiger partial charge in [0.25, 0.3) is 5.91 Å². The van der Waals surface area contributed by atoms with Crippen molar-refractivity contribution in [3.05, 3.63) is 94.4 Å². The highest BCUT2D eigenvalue weighted by molar-refractivity contribution is 6.33. The van der Waals surface area contributed by atoms with Crippen LogP contribution in [0, 0.1) is 12.7 Å². The number of nitrogens with zero attached hydrogens (tertiary/aromatic N) is 5. The summed E-state index contributed by atoms with van der Waals surface area (Å²) in [5.74, 6) is -0.294. The molecule has 0 aliphatic carbocycles. The number of aromatic nitrogens is 5. The largest absolute Gasteiger partial charge is 0.305 e. The fraction of sp³-hybridized carbons (Fsp3) is 0.143. The number of aryl methyl sites for hydroxylation is 1. The Morgan fingerprint density at radius 1 is 1.03 bits per heavy atom. The smallest absolute Gasteiger partial charge is 0.261 e. The summed E-state index contributed by atoms with van der Waals surface area (Å²) in [5, 5.41) is 11.7. The van der Waals surface area contributed by atoms with Gasteiger partial charge in [-0.25, -0.2) is 9.07 Å². The van der Waals surface area contributed by atoms with Gasteiger partial charge in [0.05, 0.1) is 24.3 Å². The molecule has 0 aliphatic rings. The summed E-state index contributed by atoms with van der Waals surface area (Å²) in [6, 6.07) is 11.6. The summed E-state index contributed by atoms with van der Waals surface area (Å²) < 4.78 is 16.3. The summed E-state index contributed by atoms with van der Waals surface area (Å²) >= 11 is 6.42. The van der Waals surface area contributed by atoms with Crippen LogP contribution in [-0.2, 0) is 13.1 Å². The Balaban J connectivity index is 1.47. The second-order valence-electron chi connectivity index (χ2n) is 6.74. The first-order valence-corrected chi connectivity index (χ1v) is 9.58. The highest BCUT2D eigenvalue weighted by atomic mass is 35.5. The number of amides is 1. The average Bonchev–Trinajstić information content (AvgIpc) is 3.27. The van der Waals surface area contributed by atoms with Crippen LogP contribution in [0.2, 0.25) is 5.15 Å². The maximum absolute atomic E-state index is 13.1. The van der Waals surface area contributed by atoms with Gasteiger partial charge in [-0.15, -0.1) is 0 Å². The third kappa shape index (κ3) is 4.38. The maximum atomic E-state index is 13.1. The molecule has 3 heterocycles. The second kappa shape index (κ2) is 8.46. The molecule has 9 heteroatoms. The Labute approximate surface area is 177 Å². The van der Waals surface area contributed by atoms with Gasteiger partial charge in [-0.3, -0.25) is 14.5 Å². The fourth-order valence-corrected chi connectivity index (χ4v) is 3.37. The molecule has 0 atom stereocenters. The van der Waals surface area contributed by atoms with Crippen LogP contribution in [0.4, 0.5) is 10.2 Å². The van der Waals surface area contributed by atoms with E-state index in [2.05, 4.69) is 20.5 Å². The Bertz CT molecular complexity index is 1170. The first-order valence-electron chi connectivity index (χ1n) is 9.20. The summed E-state index contributed by atoms with van der Waals surface area (Å²) in [6.07, 6.45) is 5.22. The van der Waals surface area contributed by atoms with Crippen LogP contribution in [0.3, 0.4) is 0 Å². The molecule has 7 nitrogen and oxygen atoms in total. The van der Waals surface area contributed by atoms with Crippen molar-refractivity contribution < 1.29 is 9.18 Å². The molecule has 4 aromatic rings. The van der Waals surface area contributed by atoms with Gasteiger partial charge < -0.3 is 5.32 Å². The minimum atomic E-state index is -0.392. The zero-order valence-corrected chi connectivity index (χ0v) is 16.8. The van der Waals surface area contributed by atoms with Crippen molar-refractivity contribution in [3.8, 4) is 0 Å². The molecular weight excluding hydrogens is 407 g/mol. The van der Waals surface area contributed by atoms with E-state index in [4.69, 9.17) is 11.6 Å². The molecular formula is C21H18ClFN6O. The van der Waals surface area contributed by atoms with Gasteiger partial charge in [0.2, 0.25) is 0 Å². The number of rotatable bonds is 6. The number of anilines is 1. The Morgan fingerprint density at radius 2 is 1.73 bits per heavy atom. The van der Waals surface area contributed by atoms with Crippen molar-refractivity contribution in [1.29, 1.82) is 0 Å². The molecule has 3 aromatic heterocycles. The summed E-state index contributed by atoms with van der Waals surface area (Å²) in [6.45, 7) is 2.60. The normalized spacial score (nSPS) is 10.9. The third-order valence-electron chi connectivity index (χ3n) is 4.51. The highest BCUT2D eigenvalue weighted by Gasteiger charge is 2.21. The minimum absolute atomic E-state index is 0.213. The van der Waals surface area contributed by atoms with Crippen molar-refractivity contribution in [3.63, 3.8) is 0 Å². The number of benzene rings is 1. The van der Waals surface area contributed by atoms with E-state index in [-0.39, 0.29) is 16.5 Å². The van der Waals surface area contributed by atoms with Crippen LogP contribution >= 0.6 is 11.6 Å². The van der Waals surface area contributed by atoms with Crippen LogP contribution in [0.1, 0.15) is 27.2 Å². The molecule has 0 unspecified atom stereocenters. The standard InChI is InChI=1S/C21H18ClFN6O/c1-14-19(20(22)29(26-14)13-15-2-4-17(23)5-3-15)21(30)25-18-8-11-28(27-18)12-16-6-9-24-10-7-16/h2-11H,12-13H2,1H3,(H,25,27,30). The molecule has 0 radical (unpaired) electrons. The number of nitrogens with one attached hydrogen (secondary N) is 1. The number of carbonyl (C=O) groups is 1. The van der Waals surface area contributed by atoms with Gasteiger partial charge in [0.1, 0.15) is 11.0 Å². The van der Waals surface area contributed by atoms with Gasteiger partial charge in [0.15, 0.2) is 5.82 Å². The first-order chi connectivity index (χ1) is 14.5. The van der Waals surface area contributed by atoms with Crippen LogP contribution in [-0.4, -0.2) is 30.5 Å². The van der Waals surface area contributed by atoms with Crippen molar-refractivity contribution in [2.75, 3.05) is 5.32 Å². The van der Waals surface area contributed by atoms with E-state index in [1.54, 1.807) is 48.4 Å². The predicted octanol–water partition coefficient (Wildman–Crippen LogP) is 3.92. The van der Waals surface area contributed by atoms with E-state index < -0.39 is 5.91 Å². The van der Waals surface area contributed by atoms with Crippen LogP contribution in [0.5, 0.6) is 0 Å². The van der Waals surface area contributed by atoms with Gasteiger partial charge in [-0.1, -0.05) is 23.7 Å². The van der Waals surface area contributed by atoms with E-state index in [9.17, 15) is 9.18 Å². The van der Waals surface area contributed by atoms with Gasteiger partial charge in [0, 0.05) is 24.7 Å². The highest BCUT2D eigenvalue weighted by Crippen LogP contribution is 2.22. The summed E-state index contributed by atoms with van der Waals surface area (Å²) in [4.78, 5) is 16.8. The van der Waals surface area contributed by atoms with E-state index in [0.717, 1.165) is 11.1 Å². The Kier molecular flexibility index (Phi) is 5.58. The number of hydrogen-bond donors (Lipinski definition) is 1. The maximum Gasteiger partial charge on any atom is 0.261 e. The zero-order valence-electron chi connectivity index (χ0n) is 16.1. The lowest BCUT2D eigenvalue weighted by atomic mass is 10.2. The molecule has 0 bridgehead atoms. The molecule has 1 amide bonds. The van der Waals surface area contributed by atoms with Crippen LogP contribution in [0.25, 0.3) is 0 Å². The molecule has 30 heavy (non-hydrogen) atoms. The zero-order chi connectivity index (χ0) is 21.1. The molecule has 0 fully saturated rings. The lowest BCUT2D eigenvalue weighted by Crippen LogP contribution is -2.14. The quantitative estimate of drug-likeness (QED) is 0.509. The number of pyridine rings is 1. The number of halogens is 2. The average molecular weight is 425 g/mol. The molecule has 0 aliphatic heterocycles. The monoisotopic (exact) mass is 424 g/mol. The van der Waals surface area contributed by atoms with E-state index in [1.807, 2.05) is 12.1 Å². The lowest BCUT2D eigenvalue weighted by Gasteiger charge is -2.05. The molecule has 152 valence electrons. The van der Waals surface area contributed by atoms with Crippen LogP contribution < -0.4 is 5.32 Å². The van der Waals surface area contributed by atoms with Crippen molar-refractivity contribution in [1.82, 2.24) is 24.5 Å². The molecule has 0 saturated carbocycles. The topological polar surface area (TPSA) is 77.6 Å². The van der Waals surface area contributed by atoms with Crippen molar-refractivity contribution >= 4 is 23.3 Å². The summed E-state index contributed by atoms with van der Waals surface area (Å²) in [5.41, 5.74) is 2.65. The van der Waals surface area contributed by atoms with Crippen LogP contribution in [0.15, 0.2) is 61.1 Å².